The first-order valence-electron chi connectivity index (χ1n) is 4.46. The second kappa shape index (κ2) is 3.77. The van der Waals surface area contributed by atoms with Crippen LogP contribution in [0.15, 0.2) is 30.3 Å². The van der Waals surface area contributed by atoms with Gasteiger partial charge in [0.1, 0.15) is 0 Å². The summed E-state index contributed by atoms with van der Waals surface area (Å²) in [5, 5.41) is 8.88. The van der Waals surface area contributed by atoms with Gasteiger partial charge in [-0.2, -0.15) is 0 Å². The molecule has 3 nitrogen and oxygen atoms in total. The maximum atomic E-state index is 8.88. The number of hydrogen-bond donors (Lipinski definition) is 1. The van der Waals surface area contributed by atoms with Gasteiger partial charge in [0.25, 0.3) is 0 Å². The highest BCUT2D eigenvalue weighted by Gasteiger charge is 2.29. The Hall–Kier alpha value is -1.06. The quantitative estimate of drug-likeness (QED) is 0.696. The van der Waals surface area contributed by atoms with E-state index < -0.39 is 0 Å². The van der Waals surface area contributed by atoms with Crippen molar-refractivity contribution in [1.29, 1.82) is 0 Å². The van der Waals surface area contributed by atoms with Gasteiger partial charge < -0.3 is 14.7 Å². The first-order valence-corrected chi connectivity index (χ1v) is 4.46. The molecule has 2 rings (SSSR count). The Kier molecular flexibility index (Phi) is 2.47. The van der Waals surface area contributed by atoms with Crippen LogP contribution >= 0.6 is 0 Å². The summed E-state index contributed by atoms with van der Waals surface area (Å²) in [6.07, 6.45) is 0.176. The van der Waals surface area contributed by atoms with Crippen LogP contribution in [0.3, 0.4) is 0 Å². The Morgan fingerprint density at radius 3 is 2.62 bits per heavy atom. The van der Waals surface area contributed by atoms with Crippen LogP contribution in [0.25, 0.3) is 0 Å². The van der Waals surface area contributed by atoms with Gasteiger partial charge in [-0.15, -0.1) is 0 Å². The molecule has 0 saturated carbocycles. The van der Waals surface area contributed by atoms with Gasteiger partial charge in [0, 0.05) is 12.2 Å². The smallest absolute Gasteiger partial charge is 0.154 e. The largest absolute Gasteiger partial charge is 0.395 e. The Morgan fingerprint density at radius 2 is 2.08 bits per heavy atom. The maximum Gasteiger partial charge on any atom is 0.154 e. The van der Waals surface area contributed by atoms with E-state index in [1.54, 1.807) is 0 Å². The van der Waals surface area contributed by atoms with E-state index in [0.717, 1.165) is 12.3 Å². The fourth-order valence-corrected chi connectivity index (χ4v) is 1.39. The number of benzene rings is 1. The number of ether oxygens (including phenoxy) is 1. The van der Waals surface area contributed by atoms with Gasteiger partial charge in [0.05, 0.1) is 13.2 Å². The summed E-state index contributed by atoms with van der Waals surface area (Å²) in [4.78, 5) is 2.07. The summed E-state index contributed by atoms with van der Waals surface area (Å²) in [6, 6.07) is 10.0. The van der Waals surface area contributed by atoms with Gasteiger partial charge in [-0.25, -0.2) is 0 Å². The molecule has 3 heteroatoms. The molecule has 1 atom stereocenters. The molecule has 0 radical (unpaired) electrons. The molecule has 0 aromatic heterocycles. The summed E-state index contributed by atoms with van der Waals surface area (Å²) in [7, 11) is 0. The molecule has 1 fully saturated rings. The summed E-state index contributed by atoms with van der Waals surface area (Å²) < 4.78 is 5.19. The van der Waals surface area contributed by atoms with E-state index in [9.17, 15) is 0 Å². The minimum atomic E-state index is 0.161. The second-order valence-electron chi connectivity index (χ2n) is 3.04. The van der Waals surface area contributed by atoms with Crippen molar-refractivity contribution in [3.63, 3.8) is 0 Å². The van der Waals surface area contributed by atoms with Gasteiger partial charge in [0.15, 0.2) is 6.23 Å². The molecule has 1 aromatic carbocycles. The molecule has 1 aliphatic rings. The van der Waals surface area contributed by atoms with Crippen LogP contribution in [-0.4, -0.2) is 31.1 Å². The van der Waals surface area contributed by atoms with Crippen LogP contribution in [0.2, 0.25) is 0 Å². The molecule has 0 aliphatic carbocycles. The zero-order valence-corrected chi connectivity index (χ0v) is 7.39. The number of epoxide rings is 1. The molecule has 1 unspecified atom stereocenters. The minimum Gasteiger partial charge on any atom is -0.395 e. The Morgan fingerprint density at radius 1 is 1.38 bits per heavy atom. The Balaban J connectivity index is 2.10. The van der Waals surface area contributed by atoms with Gasteiger partial charge >= 0.3 is 0 Å². The van der Waals surface area contributed by atoms with Crippen molar-refractivity contribution >= 4 is 5.69 Å². The summed E-state index contributed by atoms with van der Waals surface area (Å²) in [5.74, 6) is 0. The number of rotatable bonds is 4. The monoisotopic (exact) mass is 179 g/mol. The lowest BCUT2D eigenvalue weighted by Gasteiger charge is -2.21. The minimum absolute atomic E-state index is 0.161. The van der Waals surface area contributed by atoms with Gasteiger partial charge in [-0.05, 0) is 12.1 Å². The van der Waals surface area contributed by atoms with Crippen LogP contribution in [0.4, 0.5) is 5.69 Å². The second-order valence-corrected chi connectivity index (χ2v) is 3.04. The normalized spacial score (nSPS) is 19.9. The predicted molar refractivity (Wildman–Crippen MR) is 50.6 cm³/mol. The molecule has 1 aliphatic heterocycles. The predicted octanol–water partition coefficient (Wildman–Crippen LogP) is 0.842. The maximum absolute atomic E-state index is 8.88. The molecular formula is C10H13NO2. The fraction of sp³-hybridized carbons (Fsp3) is 0.400. The van der Waals surface area contributed by atoms with Crippen molar-refractivity contribution in [1.82, 2.24) is 0 Å². The van der Waals surface area contributed by atoms with E-state index >= 15 is 0 Å². The van der Waals surface area contributed by atoms with Crippen LogP contribution in [0, 0.1) is 0 Å². The zero-order valence-electron chi connectivity index (χ0n) is 7.39. The Bertz CT molecular complexity index is 259. The molecule has 1 saturated heterocycles. The SMILES string of the molecule is OCCN(c1ccccc1)C1CO1. The third kappa shape index (κ3) is 1.99. The van der Waals surface area contributed by atoms with Crippen LogP contribution in [-0.2, 0) is 4.74 Å². The van der Waals surface area contributed by atoms with E-state index in [4.69, 9.17) is 9.84 Å². The van der Waals surface area contributed by atoms with E-state index in [1.807, 2.05) is 30.3 Å². The highest BCUT2D eigenvalue weighted by Crippen LogP contribution is 2.23. The molecule has 0 bridgehead atoms. The van der Waals surface area contributed by atoms with Crippen molar-refractivity contribution in [3.05, 3.63) is 30.3 Å². The van der Waals surface area contributed by atoms with Crippen molar-refractivity contribution in [2.75, 3.05) is 24.7 Å². The van der Waals surface area contributed by atoms with Gasteiger partial charge in [0.2, 0.25) is 0 Å². The molecule has 13 heavy (non-hydrogen) atoms. The number of anilines is 1. The molecule has 1 aromatic rings. The summed E-state index contributed by atoms with van der Waals surface area (Å²) in [5.41, 5.74) is 1.11. The molecule has 0 spiro atoms. The Labute approximate surface area is 77.6 Å². The average Bonchev–Trinajstić information content (AvgIpc) is 2.99. The molecule has 0 amide bonds. The summed E-state index contributed by atoms with van der Waals surface area (Å²) in [6.45, 7) is 1.57. The first kappa shape index (κ1) is 8.53. The lowest BCUT2D eigenvalue weighted by Crippen LogP contribution is -2.29. The zero-order chi connectivity index (χ0) is 9.10. The summed E-state index contributed by atoms with van der Waals surface area (Å²) >= 11 is 0. The number of hydrogen-bond acceptors (Lipinski definition) is 3. The third-order valence-corrected chi connectivity index (χ3v) is 2.09. The molecular weight excluding hydrogens is 166 g/mol. The van der Waals surface area contributed by atoms with Crippen LogP contribution < -0.4 is 4.90 Å². The third-order valence-electron chi connectivity index (χ3n) is 2.09. The highest BCUT2D eigenvalue weighted by molar-refractivity contribution is 5.47. The molecule has 1 heterocycles. The van der Waals surface area contributed by atoms with Crippen molar-refractivity contribution in [2.45, 2.75) is 6.23 Å². The topological polar surface area (TPSA) is 36.0 Å². The fourth-order valence-electron chi connectivity index (χ4n) is 1.39. The lowest BCUT2D eigenvalue weighted by molar-refractivity contribution is 0.292. The van der Waals surface area contributed by atoms with E-state index in [0.29, 0.717) is 6.54 Å². The number of aliphatic hydroxyl groups is 1. The van der Waals surface area contributed by atoms with Gasteiger partial charge in [-0.1, -0.05) is 18.2 Å². The standard InChI is InChI=1S/C10H13NO2/c12-7-6-11(10-8-13-10)9-4-2-1-3-5-9/h1-5,10,12H,6-8H2. The van der Waals surface area contributed by atoms with E-state index in [1.165, 1.54) is 0 Å². The highest BCUT2D eigenvalue weighted by atomic mass is 16.6. The average molecular weight is 179 g/mol. The van der Waals surface area contributed by atoms with E-state index in [2.05, 4.69) is 4.90 Å². The van der Waals surface area contributed by atoms with Crippen molar-refractivity contribution < 1.29 is 9.84 Å². The lowest BCUT2D eigenvalue weighted by atomic mass is 10.3. The molecule has 70 valence electrons. The van der Waals surface area contributed by atoms with Gasteiger partial charge in [-0.3, -0.25) is 0 Å². The first-order chi connectivity index (χ1) is 6.42. The number of nitrogens with zero attached hydrogens (tertiary/aromatic N) is 1. The number of aliphatic hydroxyl groups excluding tert-OH is 1. The van der Waals surface area contributed by atoms with Crippen molar-refractivity contribution in [2.24, 2.45) is 0 Å². The number of para-hydroxylation sites is 1. The van der Waals surface area contributed by atoms with E-state index in [-0.39, 0.29) is 12.8 Å². The molecule has 1 N–H and O–H groups in total. The van der Waals surface area contributed by atoms with Crippen molar-refractivity contribution in [3.8, 4) is 0 Å². The van der Waals surface area contributed by atoms with Crippen LogP contribution in [0.5, 0.6) is 0 Å². The van der Waals surface area contributed by atoms with Crippen LogP contribution in [0.1, 0.15) is 0 Å².